The second-order valence-electron chi connectivity index (χ2n) is 7.49. The molecule has 0 bridgehead atoms. The Kier molecular flexibility index (Phi) is 7.68. The fourth-order valence-corrected chi connectivity index (χ4v) is 3.37. The van der Waals surface area contributed by atoms with Gasteiger partial charge >= 0.3 is 0 Å². The molecule has 6 heteroatoms. The molecular formula is C18H32O5S. The van der Waals surface area contributed by atoms with E-state index in [0.29, 0.717) is 12.2 Å². The van der Waals surface area contributed by atoms with E-state index >= 15 is 0 Å². The van der Waals surface area contributed by atoms with E-state index in [1.807, 2.05) is 0 Å². The second kappa shape index (κ2) is 9.74. The second-order valence-corrected chi connectivity index (χ2v) is 7.94. The molecular weight excluding hydrogens is 328 g/mol. The summed E-state index contributed by atoms with van der Waals surface area (Å²) < 4.78 is 28.0. The van der Waals surface area contributed by atoms with Crippen LogP contribution in [0.15, 0.2) is 0 Å². The van der Waals surface area contributed by atoms with Crippen LogP contribution in [0.5, 0.6) is 0 Å². The minimum atomic E-state index is 0.103. The zero-order valence-electron chi connectivity index (χ0n) is 14.6. The molecule has 140 valence electrons. The van der Waals surface area contributed by atoms with E-state index in [1.165, 1.54) is 12.8 Å². The van der Waals surface area contributed by atoms with Crippen LogP contribution in [0.25, 0.3) is 0 Å². The molecule has 0 aromatic rings. The fraction of sp³-hybridized carbons (Fsp3) is 1.00. The van der Waals surface area contributed by atoms with Gasteiger partial charge in [-0.1, -0.05) is 0 Å². The van der Waals surface area contributed by atoms with Gasteiger partial charge in [0.05, 0.1) is 33.0 Å². The van der Waals surface area contributed by atoms with Crippen LogP contribution in [-0.2, 0) is 23.7 Å². The van der Waals surface area contributed by atoms with Crippen LogP contribution in [0.1, 0.15) is 32.1 Å². The average molecular weight is 361 g/mol. The summed E-state index contributed by atoms with van der Waals surface area (Å²) in [6.07, 6.45) is 6.34. The first-order chi connectivity index (χ1) is 11.8. The summed E-state index contributed by atoms with van der Waals surface area (Å²) in [5, 5.41) is 0. The van der Waals surface area contributed by atoms with Gasteiger partial charge in [0, 0.05) is 19.8 Å². The predicted octanol–water partition coefficient (Wildman–Crippen LogP) is 2.33. The van der Waals surface area contributed by atoms with Gasteiger partial charge in [0.25, 0.3) is 0 Å². The molecule has 3 rings (SSSR count). The van der Waals surface area contributed by atoms with E-state index in [1.54, 1.807) is 0 Å². The number of hydrogen-bond acceptors (Lipinski definition) is 6. The molecule has 5 nitrogen and oxygen atoms in total. The maximum Gasteiger partial charge on any atom is 0.104 e. The van der Waals surface area contributed by atoms with Gasteiger partial charge < -0.3 is 23.7 Å². The van der Waals surface area contributed by atoms with Crippen molar-refractivity contribution in [1.82, 2.24) is 0 Å². The lowest BCUT2D eigenvalue weighted by Crippen LogP contribution is -2.32. The molecule has 0 aromatic heterocycles. The number of epoxide rings is 2. The molecule has 3 aliphatic rings. The maximum absolute atomic E-state index is 6.06. The van der Waals surface area contributed by atoms with Gasteiger partial charge in [-0.25, -0.2) is 0 Å². The highest BCUT2D eigenvalue weighted by atomic mass is 32.1. The molecule has 0 N–H and O–H groups in total. The molecule has 3 fully saturated rings. The van der Waals surface area contributed by atoms with Crippen LogP contribution in [0, 0.1) is 11.3 Å². The van der Waals surface area contributed by atoms with Gasteiger partial charge in [-0.15, -0.1) is 0 Å². The minimum absolute atomic E-state index is 0.103. The molecule has 2 heterocycles. The molecule has 24 heavy (non-hydrogen) atoms. The molecule has 1 saturated carbocycles. The van der Waals surface area contributed by atoms with Crippen molar-refractivity contribution < 1.29 is 23.7 Å². The minimum Gasteiger partial charge on any atom is -0.381 e. The zero-order valence-corrected chi connectivity index (χ0v) is 15.5. The van der Waals surface area contributed by atoms with Crippen LogP contribution in [0.4, 0.5) is 0 Å². The van der Waals surface area contributed by atoms with Gasteiger partial charge in [-0.05, 0) is 49.2 Å². The lowest BCUT2D eigenvalue weighted by molar-refractivity contribution is -0.0143. The van der Waals surface area contributed by atoms with Gasteiger partial charge in [0.2, 0.25) is 0 Å². The van der Waals surface area contributed by atoms with Crippen LogP contribution in [-0.4, -0.2) is 70.8 Å². The van der Waals surface area contributed by atoms with Crippen molar-refractivity contribution in [2.45, 2.75) is 44.3 Å². The van der Waals surface area contributed by atoms with E-state index < -0.39 is 0 Å². The van der Waals surface area contributed by atoms with Crippen LogP contribution in [0.2, 0.25) is 0 Å². The largest absolute Gasteiger partial charge is 0.381 e. The quantitative estimate of drug-likeness (QED) is 0.260. The first-order valence-corrected chi connectivity index (χ1v) is 10.0. The Morgan fingerprint density at radius 1 is 0.833 bits per heavy atom. The lowest BCUT2D eigenvalue weighted by atomic mass is 9.79. The van der Waals surface area contributed by atoms with Gasteiger partial charge in [-0.3, -0.25) is 0 Å². The van der Waals surface area contributed by atoms with Crippen LogP contribution < -0.4 is 0 Å². The third kappa shape index (κ3) is 7.58. The van der Waals surface area contributed by atoms with Gasteiger partial charge in [-0.2, -0.15) is 12.6 Å². The van der Waals surface area contributed by atoms with Crippen molar-refractivity contribution in [2.75, 3.05) is 58.6 Å². The molecule has 0 radical (unpaired) electrons. The van der Waals surface area contributed by atoms with Crippen molar-refractivity contribution in [1.29, 1.82) is 0 Å². The number of thiol groups is 1. The molecule has 2 aliphatic heterocycles. The van der Waals surface area contributed by atoms with Crippen molar-refractivity contribution >= 4 is 12.6 Å². The standard InChI is InChI=1S/C18H32O5S/c24-8-5-18(14-21-9-15-1-2-15,3-6-19-10-16-12-22-16)4-7-20-11-17-13-23-17/h15-17,24H,1-14H2. The van der Waals surface area contributed by atoms with Gasteiger partial charge in [0.1, 0.15) is 12.2 Å². The lowest BCUT2D eigenvalue weighted by Gasteiger charge is -2.33. The fourth-order valence-electron chi connectivity index (χ4n) is 2.89. The Bertz CT molecular complexity index is 335. The highest BCUT2D eigenvalue weighted by molar-refractivity contribution is 7.80. The van der Waals surface area contributed by atoms with Crippen molar-refractivity contribution in [2.24, 2.45) is 11.3 Å². The number of hydrogen-bond donors (Lipinski definition) is 1. The summed E-state index contributed by atoms with van der Waals surface area (Å²) >= 11 is 4.49. The van der Waals surface area contributed by atoms with E-state index in [2.05, 4.69) is 12.6 Å². The van der Waals surface area contributed by atoms with Crippen molar-refractivity contribution in [3.05, 3.63) is 0 Å². The topological polar surface area (TPSA) is 52.8 Å². The Morgan fingerprint density at radius 2 is 1.42 bits per heavy atom. The summed E-state index contributed by atoms with van der Waals surface area (Å²) in [6.45, 7) is 6.34. The molecule has 2 atom stereocenters. The first kappa shape index (κ1) is 18.9. The number of rotatable bonds is 16. The van der Waals surface area contributed by atoms with E-state index in [0.717, 1.165) is 83.8 Å². The normalized spacial score (nSPS) is 27.9. The Hall–Kier alpha value is 0.150. The van der Waals surface area contributed by atoms with Gasteiger partial charge in [0.15, 0.2) is 0 Å². The Balaban J connectivity index is 1.40. The summed E-state index contributed by atoms with van der Waals surface area (Å²) in [5.41, 5.74) is 0.103. The maximum atomic E-state index is 6.06. The molecule has 0 aromatic carbocycles. The third-order valence-corrected chi connectivity index (χ3v) is 5.29. The van der Waals surface area contributed by atoms with E-state index in [4.69, 9.17) is 23.7 Å². The molecule has 0 amide bonds. The zero-order chi connectivity index (χ0) is 16.7. The summed E-state index contributed by atoms with van der Waals surface area (Å²) in [5.74, 6) is 1.66. The van der Waals surface area contributed by atoms with Crippen molar-refractivity contribution in [3.8, 4) is 0 Å². The summed E-state index contributed by atoms with van der Waals surface area (Å²) in [7, 11) is 0. The van der Waals surface area contributed by atoms with E-state index in [9.17, 15) is 0 Å². The number of ether oxygens (including phenoxy) is 5. The van der Waals surface area contributed by atoms with Crippen LogP contribution in [0.3, 0.4) is 0 Å². The highest BCUT2D eigenvalue weighted by Crippen LogP contribution is 2.35. The molecule has 2 unspecified atom stereocenters. The first-order valence-electron chi connectivity index (χ1n) is 9.37. The molecule has 0 spiro atoms. The summed E-state index contributed by atoms with van der Waals surface area (Å²) in [4.78, 5) is 0. The van der Waals surface area contributed by atoms with Crippen molar-refractivity contribution in [3.63, 3.8) is 0 Å². The third-order valence-electron chi connectivity index (χ3n) is 5.07. The molecule has 1 aliphatic carbocycles. The monoisotopic (exact) mass is 360 g/mol. The SMILES string of the molecule is SCCC(CCOCC1CO1)(CCOCC1CO1)COCC1CC1. The highest BCUT2D eigenvalue weighted by Gasteiger charge is 2.32. The van der Waals surface area contributed by atoms with Crippen LogP contribution >= 0.6 is 12.6 Å². The smallest absolute Gasteiger partial charge is 0.104 e. The molecule has 2 saturated heterocycles. The predicted molar refractivity (Wildman–Crippen MR) is 94.8 cm³/mol. The average Bonchev–Trinajstić information content (AvgIpc) is 3.43. The Morgan fingerprint density at radius 3 is 1.88 bits per heavy atom. The Labute approximate surface area is 151 Å². The van der Waals surface area contributed by atoms with E-state index in [-0.39, 0.29) is 5.41 Å². The summed E-state index contributed by atoms with van der Waals surface area (Å²) in [6, 6.07) is 0.